The van der Waals surface area contributed by atoms with Gasteiger partial charge in [0.1, 0.15) is 10.8 Å². The second-order valence-corrected chi connectivity index (χ2v) is 5.99. The number of hydrazone groups is 1. The first-order valence-electron chi connectivity index (χ1n) is 7.50. The highest BCUT2D eigenvalue weighted by molar-refractivity contribution is 7.15. The summed E-state index contributed by atoms with van der Waals surface area (Å²) in [4.78, 5) is 23.7. The molecule has 1 aromatic carbocycles. The minimum Gasteiger partial charge on any atom is -0.463 e. The molecule has 3 N–H and O–H groups in total. The van der Waals surface area contributed by atoms with Gasteiger partial charge in [0.05, 0.1) is 18.9 Å². The Morgan fingerprint density at radius 2 is 1.96 bits per heavy atom. The molecular formula is C16H14N6O3S. The molecule has 0 aliphatic rings. The largest absolute Gasteiger partial charge is 0.463 e. The Balaban J connectivity index is 1.46. The van der Waals surface area contributed by atoms with Crippen LogP contribution in [0.25, 0.3) is 0 Å². The Labute approximate surface area is 152 Å². The molecule has 0 saturated carbocycles. The van der Waals surface area contributed by atoms with Crippen molar-refractivity contribution in [3.05, 3.63) is 59.5 Å². The van der Waals surface area contributed by atoms with E-state index >= 15 is 0 Å². The van der Waals surface area contributed by atoms with E-state index in [-0.39, 0.29) is 12.3 Å². The summed E-state index contributed by atoms with van der Waals surface area (Å²) in [6.45, 7) is 0. The Kier molecular flexibility index (Phi) is 5.68. The van der Waals surface area contributed by atoms with Crippen LogP contribution in [0.3, 0.4) is 0 Å². The van der Waals surface area contributed by atoms with Gasteiger partial charge in [-0.1, -0.05) is 29.5 Å². The third-order valence-corrected chi connectivity index (χ3v) is 3.79. The van der Waals surface area contributed by atoms with Gasteiger partial charge in [0.15, 0.2) is 0 Å². The van der Waals surface area contributed by atoms with Gasteiger partial charge in [-0.05, 0) is 24.3 Å². The third-order valence-electron chi connectivity index (χ3n) is 2.95. The first-order chi connectivity index (χ1) is 12.7. The summed E-state index contributed by atoms with van der Waals surface area (Å²) >= 11 is 1.11. The number of nitrogens with one attached hydrogen (secondary N) is 3. The molecule has 26 heavy (non-hydrogen) atoms. The van der Waals surface area contributed by atoms with Gasteiger partial charge in [-0.2, -0.15) is 5.10 Å². The molecule has 2 aromatic heterocycles. The number of benzene rings is 1. The highest BCUT2D eigenvalue weighted by Gasteiger charge is 2.11. The predicted molar refractivity (Wildman–Crippen MR) is 97.1 cm³/mol. The molecule has 0 atom stereocenters. The maximum atomic E-state index is 11.9. The minimum absolute atomic E-state index is 0.00482. The van der Waals surface area contributed by atoms with Crippen LogP contribution in [0.4, 0.5) is 15.6 Å². The molecule has 3 rings (SSSR count). The molecule has 0 fully saturated rings. The average Bonchev–Trinajstić information content (AvgIpc) is 3.28. The lowest BCUT2D eigenvalue weighted by Crippen LogP contribution is -2.19. The second kappa shape index (κ2) is 8.53. The van der Waals surface area contributed by atoms with Crippen LogP contribution in [-0.4, -0.2) is 28.4 Å². The summed E-state index contributed by atoms with van der Waals surface area (Å²) in [5.74, 6) is 0.168. The number of aromatic nitrogens is 2. The number of hydrogen-bond donors (Lipinski definition) is 3. The van der Waals surface area contributed by atoms with Crippen LogP contribution in [0.15, 0.2) is 58.2 Å². The van der Waals surface area contributed by atoms with Crippen LogP contribution in [0.2, 0.25) is 0 Å². The molecular weight excluding hydrogens is 356 g/mol. The van der Waals surface area contributed by atoms with Crippen molar-refractivity contribution in [3.63, 3.8) is 0 Å². The number of anilines is 2. The lowest BCUT2D eigenvalue weighted by atomic mass is 10.3. The molecule has 9 nitrogen and oxygen atoms in total. The van der Waals surface area contributed by atoms with Crippen molar-refractivity contribution in [2.45, 2.75) is 6.42 Å². The van der Waals surface area contributed by atoms with Crippen LogP contribution in [-0.2, 0) is 11.2 Å². The SMILES string of the molecule is O=C(Cc1nnc(NC(=O)Nc2ccccc2)s1)N/N=C\c1ccco1. The van der Waals surface area contributed by atoms with Crippen LogP contribution >= 0.6 is 11.3 Å². The van der Waals surface area contributed by atoms with E-state index in [1.54, 1.807) is 24.3 Å². The fourth-order valence-corrected chi connectivity index (χ4v) is 2.60. The van der Waals surface area contributed by atoms with Crippen LogP contribution in [0.1, 0.15) is 10.8 Å². The van der Waals surface area contributed by atoms with Gasteiger partial charge in [-0.15, -0.1) is 10.2 Å². The van der Waals surface area contributed by atoms with E-state index in [1.807, 2.05) is 18.2 Å². The van der Waals surface area contributed by atoms with Gasteiger partial charge in [-0.25, -0.2) is 10.2 Å². The molecule has 3 aromatic rings. The fraction of sp³-hybridized carbons (Fsp3) is 0.0625. The monoisotopic (exact) mass is 370 g/mol. The summed E-state index contributed by atoms with van der Waals surface area (Å²) in [6, 6.07) is 12.0. The number of furan rings is 1. The zero-order valence-electron chi connectivity index (χ0n) is 13.4. The number of hydrogen-bond acceptors (Lipinski definition) is 7. The molecule has 0 radical (unpaired) electrons. The molecule has 10 heteroatoms. The quantitative estimate of drug-likeness (QED) is 0.454. The van der Waals surface area contributed by atoms with Gasteiger partial charge >= 0.3 is 6.03 Å². The molecule has 0 aliphatic carbocycles. The zero-order chi connectivity index (χ0) is 18.2. The number of rotatable bonds is 6. The van der Waals surface area contributed by atoms with Gasteiger partial charge < -0.3 is 9.73 Å². The minimum atomic E-state index is -0.439. The summed E-state index contributed by atoms with van der Waals surface area (Å²) in [5, 5.41) is 17.4. The number of amides is 3. The fourth-order valence-electron chi connectivity index (χ4n) is 1.87. The van der Waals surface area contributed by atoms with Crippen LogP contribution in [0.5, 0.6) is 0 Å². The highest BCUT2D eigenvalue weighted by atomic mass is 32.1. The molecule has 0 saturated heterocycles. The topological polar surface area (TPSA) is 122 Å². The van der Waals surface area contributed by atoms with Gasteiger partial charge in [-0.3, -0.25) is 10.1 Å². The van der Waals surface area contributed by atoms with Crippen molar-refractivity contribution >= 4 is 40.3 Å². The number of carbonyl (C=O) groups excluding carboxylic acids is 2. The van der Waals surface area contributed by atoms with Crippen LogP contribution < -0.4 is 16.1 Å². The number of para-hydroxylation sites is 1. The summed E-state index contributed by atoms with van der Waals surface area (Å²) in [6.07, 6.45) is 2.89. The lowest BCUT2D eigenvalue weighted by molar-refractivity contribution is -0.120. The van der Waals surface area contributed by atoms with Crippen molar-refractivity contribution in [3.8, 4) is 0 Å². The number of carbonyl (C=O) groups is 2. The van der Waals surface area contributed by atoms with Gasteiger partial charge in [0, 0.05) is 5.69 Å². The Bertz CT molecular complexity index is 892. The van der Waals surface area contributed by atoms with Crippen molar-refractivity contribution in [2.75, 3.05) is 10.6 Å². The Hall–Kier alpha value is -3.53. The summed E-state index contributed by atoms with van der Waals surface area (Å²) in [5.41, 5.74) is 3.02. The van der Waals surface area contributed by atoms with E-state index in [2.05, 4.69) is 31.4 Å². The first kappa shape index (κ1) is 17.3. The number of urea groups is 1. The lowest BCUT2D eigenvalue weighted by Gasteiger charge is -2.03. The van der Waals surface area contributed by atoms with E-state index in [1.165, 1.54) is 12.5 Å². The average molecular weight is 370 g/mol. The normalized spacial score (nSPS) is 10.6. The Morgan fingerprint density at radius 1 is 1.12 bits per heavy atom. The molecule has 2 heterocycles. The van der Waals surface area contributed by atoms with E-state index in [9.17, 15) is 9.59 Å². The number of nitrogens with zero attached hydrogens (tertiary/aromatic N) is 3. The molecule has 132 valence electrons. The zero-order valence-corrected chi connectivity index (χ0v) is 14.2. The Morgan fingerprint density at radius 3 is 2.73 bits per heavy atom. The van der Waals surface area contributed by atoms with Crippen molar-refractivity contribution in [1.82, 2.24) is 15.6 Å². The molecule has 3 amide bonds. The van der Waals surface area contributed by atoms with Crippen molar-refractivity contribution in [2.24, 2.45) is 5.10 Å². The smallest absolute Gasteiger partial charge is 0.325 e. The molecule has 0 bridgehead atoms. The van der Waals surface area contributed by atoms with Crippen molar-refractivity contribution < 1.29 is 14.0 Å². The maximum Gasteiger partial charge on any atom is 0.325 e. The summed E-state index contributed by atoms with van der Waals surface area (Å²) in [7, 11) is 0. The van der Waals surface area contributed by atoms with Crippen LogP contribution in [0, 0.1) is 0 Å². The van der Waals surface area contributed by atoms with E-state index in [0.717, 1.165) is 11.3 Å². The van der Waals surface area contributed by atoms with Gasteiger partial charge in [0.25, 0.3) is 0 Å². The van der Waals surface area contributed by atoms with E-state index in [4.69, 9.17) is 4.42 Å². The first-order valence-corrected chi connectivity index (χ1v) is 8.31. The van der Waals surface area contributed by atoms with E-state index in [0.29, 0.717) is 21.6 Å². The molecule has 0 aliphatic heterocycles. The third kappa shape index (κ3) is 5.24. The predicted octanol–water partition coefficient (Wildman–Crippen LogP) is 2.47. The van der Waals surface area contributed by atoms with Gasteiger partial charge in [0.2, 0.25) is 11.0 Å². The highest BCUT2D eigenvalue weighted by Crippen LogP contribution is 2.16. The maximum absolute atomic E-state index is 11.9. The van der Waals surface area contributed by atoms with Crippen molar-refractivity contribution in [1.29, 1.82) is 0 Å². The molecule has 0 unspecified atom stereocenters. The molecule has 0 spiro atoms. The standard InChI is InChI=1S/C16H14N6O3S/c23-13(20-17-10-12-7-4-8-25-12)9-14-21-22-16(26-14)19-15(24)18-11-5-2-1-3-6-11/h1-8,10H,9H2,(H,20,23)(H2,18,19,22,24)/b17-10-. The summed E-state index contributed by atoms with van der Waals surface area (Å²) < 4.78 is 5.05. The van der Waals surface area contributed by atoms with E-state index < -0.39 is 6.03 Å². The second-order valence-electron chi connectivity index (χ2n) is 4.93.